The Morgan fingerprint density at radius 1 is 1.14 bits per heavy atom. The van der Waals surface area contributed by atoms with Gasteiger partial charge in [-0.15, -0.1) is 0 Å². The first-order chi connectivity index (χ1) is 13.3. The van der Waals surface area contributed by atoms with Crippen molar-refractivity contribution in [1.29, 1.82) is 0 Å². The molecule has 2 aromatic heterocycles. The second kappa shape index (κ2) is 7.05. The number of aromatic nitrogens is 4. The minimum atomic E-state index is -0.230. The van der Waals surface area contributed by atoms with Crippen LogP contribution in [0.4, 0.5) is 5.95 Å². The fraction of sp³-hybridized carbons (Fsp3) is 0.476. The minimum Gasteiger partial charge on any atom is -0.340 e. The largest absolute Gasteiger partial charge is 0.340 e. The Kier molecular flexibility index (Phi) is 4.71. The zero-order valence-electron chi connectivity index (χ0n) is 17.1. The van der Waals surface area contributed by atoms with Crippen LogP contribution in [-0.4, -0.2) is 50.8 Å². The second-order valence-electron chi connectivity index (χ2n) is 8.61. The fourth-order valence-electron chi connectivity index (χ4n) is 3.73. The van der Waals surface area contributed by atoms with E-state index in [4.69, 9.17) is 4.98 Å². The van der Waals surface area contributed by atoms with Crippen molar-refractivity contribution in [3.05, 3.63) is 51.9 Å². The van der Waals surface area contributed by atoms with Gasteiger partial charge in [-0.3, -0.25) is 14.7 Å². The molecule has 148 valence electrons. The van der Waals surface area contributed by atoms with Crippen LogP contribution in [0.2, 0.25) is 0 Å². The Morgan fingerprint density at radius 3 is 2.57 bits per heavy atom. The fourth-order valence-corrected chi connectivity index (χ4v) is 3.73. The lowest BCUT2D eigenvalue weighted by atomic mass is 10.1. The van der Waals surface area contributed by atoms with E-state index in [2.05, 4.69) is 71.8 Å². The van der Waals surface area contributed by atoms with Crippen LogP contribution in [0.1, 0.15) is 31.9 Å². The number of aryl methyl sites for hydroxylation is 1. The van der Waals surface area contributed by atoms with Crippen LogP contribution in [0.5, 0.6) is 0 Å². The number of nitrogens with one attached hydrogen (secondary N) is 1. The Morgan fingerprint density at radius 2 is 1.89 bits per heavy atom. The maximum atomic E-state index is 12.5. The Labute approximate surface area is 165 Å². The van der Waals surface area contributed by atoms with Crippen molar-refractivity contribution in [2.24, 2.45) is 0 Å². The molecule has 1 aliphatic heterocycles. The topological polar surface area (TPSA) is 70.1 Å². The smallest absolute Gasteiger partial charge is 0.263 e. The SMILES string of the molecule is Cc1cccc(CN2CCN(c3nc4c(cnn4C(C)(C)C)c(=O)[nH]3)CC2)c1. The molecule has 1 aromatic carbocycles. The van der Waals surface area contributed by atoms with Gasteiger partial charge in [-0.05, 0) is 33.3 Å². The number of anilines is 1. The molecule has 28 heavy (non-hydrogen) atoms. The highest BCUT2D eigenvalue weighted by Gasteiger charge is 2.23. The monoisotopic (exact) mass is 380 g/mol. The summed E-state index contributed by atoms with van der Waals surface area (Å²) in [4.78, 5) is 24.8. The molecule has 0 atom stereocenters. The summed E-state index contributed by atoms with van der Waals surface area (Å²) in [6.45, 7) is 12.8. The van der Waals surface area contributed by atoms with Crippen LogP contribution in [0, 0.1) is 6.92 Å². The van der Waals surface area contributed by atoms with Crippen molar-refractivity contribution in [2.75, 3.05) is 31.1 Å². The lowest BCUT2D eigenvalue weighted by molar-refractivity contribution is 0.248. The summed E-state index contributed by atoms with van der Waals surface area (Å²) in [5.74, 6) is 0.638. The molecule has 0 radical (unpaired) electrons. The first-order valence-corrected chi connectivity index (χ1v) is 9.83. The number of benzene rings is 1. The molecule has 4 rings (SSSR count). The molecule has 0 amide bonds. The van der Waals surface area contributed by atoms with E-state index in [0.717, 1.165) is 32.7 Å². The minimum absolute atomic E-state index is 0.127. The van der Waals surface area contributed by atoms with E-state index >= 15 is 0 Å². The van der Waals surface area contributed by atoms with Gasteiger partial charge in [0, 0.05) is 32.7 Å². The van der Waals surface area contributed by atoms with Crippen molar-refractivity contribution in [3.63, 3.8) is 0 Å². The average Bonchev–Trinajstić information content (AvgIpc) is 3.07. The van der Waals surface area contributed by atoms with E-state index in [-0.39, 0.29) is 11.1 Å². The molecule has 0 aliphatic carbocycles. The van der Waals surface area contributed by atoms with Crippen molar-refractivity contribution >= 4 is 17.0 Å². The lowest BCUT2D eigenvalue weighted by Crippen LogP contribution is -2.47. The van der Waals surface area contributed by atoms with E-state index in [1.165, 1.54) is 11.1 Å². The Hall–Kier alpha value is -2.67. The van der Waals surface area contributed by atoms with Gasteiger partial charge < -0.3 is 4.90 Å². The molecule has 1 aliphatic rings. The summed E-state index contributed by atoms with van der Waals surface area (Å²) in [7, 11) is 0. The van der Waals surface area contributed by atoms with E-state index in [1.807, 2.05) is 4.68 Å². The first-order valence-electron chi connectivity index (χ1n) is 9.83. The van der Waals surface area contributed by atoms with Gasteiger partial charge in [0.1, 0.15) is 5.39 Å². The normalized spacial score (nSPS) is 16.1. The zero-order chi connectivity index (χ0) is 19.9. The average molecular weight is 380 g/mol. The summed E-state index contributed by atoms with van der Waals surface area (Å²) in [5.41, 5.74) is 2.93. The molecule has 3 heterocycles. The molecule has 1 fully saturated rings. The standard InChI is InChI=1S/C21H28N6O/c1-15-6-5-7-16(12-15)14-25-8-10-26(11-9-25)20-23-18-17(19(28)24-20)13-22-27(18)21(2,3)4/h5-7,12-13H,8-11,14H2,1-4H3,(H,23,24,28). The van der Waals surface area contributed by atoms with Crippen LogP contribution in [0.15, 0.2) is 35.3 Å². The zero-order valence-corrected chi connectivity index (χ0v) is 17.1. The number of aromatic amines is 1. The number of hydrogen-bond donors (Lipinski definition) is 1. The van der Waals surface area contributed by atoms with Crippen molar-refractivity contribution in [1.82, 2.24) is 24.6 Å². The molecule has 3 aromatic rings. The highest BCUT2D eigenvalue weighted by molar-refractivity contribution is 5.74. The number of H-pyrrole nitrogens is 1. The van der Waals surface area contributed by atoms with Crippen LogP contribution >= 0.6 is 0 Å². The molecule has 7 heteroatoms. The van der Waals surface area contributed by atoms with Gasteiger partial charge in [0.05, 0.1) is 11.7 Å². The second-order valence-corrected chi connectivity index (χ2v) is 8.61. The van der Waals surface area contributed by atoms with Gasteiger partial charge in [-0.25, -0.2) is 4.68 Å². The van der Waals surface area contributed by atoms with Gasteiger partial charge in [0.15, 0.2) is 5.65 Å². The molecule has 0 spiro atoms. The molecular weight excluding hydrogens is 352 g/mol. The third-order valence-electron chi connectivity index (χ3n) is 5.22. The number of piperazine rings is 1. The quantitative estimate of drug-likeness (QED) is 0.756. The maximum Gasteiger partial charge on any atom is 0.263 e. The van der Waals surface area contributed by atoms with Crippen molar-refractivity contribution in [3.8, 4) is 0 Å². The number of rotatable bonds is 3. The maximum absolute atomic E-state index is 12.5. The first kappa shape index (κ1) is 18.7. The predicted molar refractivity (Wildman–Crippen MR) is 112 cm³/mol. The Balaban J connectivity index is 1.51. The third-order valence-corrected chi connectivity index (χ3v) is 5.22. The van der Waals surface area contributed by atoms with Crippen molar-refractivity contribution in [2.45, 2.75) is 39.8 Å². The van der Waals surface area contributed by atoms with Crippen LogP contribution in [-0.2, 0) is 12.1 Å². The summed E-state index contributed by atoms with van der Waals surface area (Å²) in [6, 6.07) is 8.66. The summed E-state index contributed by atoms with van der Waals surface area (Å²) >= 11 is 0. The van der Waals surface area contributed by atoms with Crippen LogP contribution in [0.25, 0.3) is 11.0 Å². The van der Waals surface area contributed by atoms with Gasteiger partial charge >= 0.3 is 0 Å². The van der Waals surface area contributed by atoms with Gasteiger partial charge in [-0.2, -0.15) is 10.1 Å². The molecule has 0 unspecified atom stereocenters. The highest BCUT2D eigenvalue weighted by atomic mass is 16.1. The molecule has 7 nitrogen and oxygen atoms in total. The molecule has 1 N–H and O–H groups in total. The number of nitrogens with zero attached hydrogens (tertiary/aromatic N) is 5. The van der Waals surface area contributed by atoms with Crippen LogP contribution in [0.3, 0.4) is 0 Å². The highest BCUT2D eigenvalue weighted by Crippen LogP contribution is 2.20. The predicted octanol–water partition coefficient (Wildman–Crippen LogP) is 2.51. The number of hydrogen-bond acceptors (Lipinski definition) is 5. The summed E-state index contributed by atoms with van der Waals surface area (Å²) in [6.07, 6.45) is 1.61. The van der Waals surface area contributed by atoms with Crippen LogP contribution < -0.4 is 10.5 Å². The summed E-state index contributed by atoms with van der Waals surface area (Å²) < 4.78 is 1.83. The summed E-state index contributed by atoms with van der Waals surface area (Å²) in [5, 5.41) is 4.93. The Bertz CT molecular complexity index is 1040. The van der Waals surface area contributed by atoms with Crippen molar-refractivity contribution < 1.29 is 0 Å². The third kappa shape index (κ3) is 3.67. The molecule has 0 bridgehead atoms. The molecule has 0 saturated carbocycles. The van der Waals surface area contributed by atoms with E-state index in [1.54, 1.807) is 6.20 Å². The van der Waals surface area contributed by atoms with Gasteiger partial charge in [0.2, 0.25) is 5.95 Å². The van der Waals surface area contributed by atoms with E-state index in [0.29, 0.717) is 17.0 Å². The van der Waals surface area contributed by atoms with Gasteiger partial charge in [-0.1, -0.05) is 29.8 Å². The molecule has 1 saturated heterocycles. The number of fused-ring (bicyclic) bond motifs is 1. The van der Waals surface area contributed by atoms with E-state index in [9.17, 15) is 4.79 Å². The lowest BCUT2D eigenvalue weighted by Gasteiger charge is -2.35. The molecular formula is C21H28N6O. The van der Waals surface area contributed by atoms with E-state index < -0.39 is 0 Å². The van der Waals surface area contributed by atoms with Gasteiger partial charge in [0.25, 0.3) is 5.56 Å².